The minimum absolute atomic E-state index is 0.128. The molecule has 6 rings (SSSR count). The number of amides is 2. The highest BCUT2D eigenvalue weighted by atomic mass is 32.2. The predicted molar refractivity (Wildman–Crippen MR) is 154 cm³/mol. The summed E-state index contributed by atoms with van der Waals surface area (Å²) >= 11 is 1.44. The number of anilines is 1. The molecule has 2 fully saturated rings. The van der Waals surface area contributed by atoms with Crippen molar-refractivity contribution in [1.29, 1.82) is 0 Å². The van der Waals surface area contributed by atoms with Crippen molar-refractivity contribution < 1.29 is 18.4 Å². The molecule has 3 aliphatic rings. The second kappa shape index (κ2) is 11.6. The molecule has 2 aliphatic heterocycles. The van der Waals surface area contributed by atoms with Crippen LogP contribution in [0.4, 0.5) is 14.5 Å². The SMILES string of the molecule is O=C(NSC1CC1)C1CC(N2CCCCc3cc(F)c(F)cc32)CN1C(=O)C(c1ccccc1)c1ccccc1. The number of hydrogen-bond donors (Lipinski definition) is 1. The average Bonchev–Trinajstić information content (AvgIpc) is 3.74. The molecular formula is C32H33F2N3O2S. The first kappa shape index (κ1) is 26.8. The molecule has 0 bridgehead atoms. The van der Waals surface area contributed by atoms with Crippen LogP contribution in [-0.4, -0.2) is 47.1 Å². The van der Waals surface area contributed by atoms with Gasteiger partial charge in [-0.05, 0) is 73.2 Å². The molecule has 2 atom stereocenters. The van der Waals surface area contributed by atoms with E-state index in [-0.39, 0.29) is 17.9 Å². The van der Waals surface area contributed by atoms with E-state index in [9.17, 15) is 18.4 Å². The summed E-state index contributed by atoms with van der Waals surface area (Å²) < 4.78 is 31.6. The molecule has 0 radical (unpaired) electrons. The summed E-state index contributed by atoms with van der Waals surface area (Å²) in [5, 5.41) is 0.432. The second-order valence-corrected chi connectivity index (χ2v) is 12.1. The van der Waals surface area contributed by atoms with Crippen LogP contribution >= 0.6 is 11.9 Å². The number of halogens is 2. The van der Waals surface area contributed by atoms with Crippen LogP contribution in [0.25, 0.3) is 0 Å². The van der Waals surface area contributed by atoms with Crippen LogP contribution in [0.5, 0.6) is 0 Å². The molecule has 8 heteroatoms. The molecule has 2 heterocycles. The Kier molecular flexibility index (Phi) is 7.78. The van der Waals surface area contributed by atoms with Gasteiger partial charge in [0.05, 0.1) is 5.92 Å². The van der Waals surface area contributed by atoms with Crippen molar-refractivity contribution in [2.45, 2.75) is 61.8 Å². The largest absolute Gasteiger partial charge is 0.366 e. The van der Waals surface area contributed by atoms with E-state index in [1.54, 1.807) is 4.90 Å². The van der Waals surface area contributed by atoms with Gasteiger partial charge in [0.25, 0.3) is 5.91 Å². The molecule has 5 nitrogen and oxygen atoms in total. The number of aryl methyl sites for hydroxylation is 1. The molecule has 2 unspecified atom stereocenters. The van der Waals surface area contributed by atoms with E-state index in [0.717, 1.165) is 42.4 Å². The van der Waals surface area contributed by atoms with Crippen LogP contribution in [0.1, 0.15) is 54.7 Å². The highest BCUT2D eigenvalue weighted by Gasteiger charge is 2.45. The lowest BCUT2D eigenvalue weighted by atomic mass is 9.90. The summed E-state index contributed by atoms with van der Waals surface area (Å²) in [4.78, 5) is 31.9. The summed E-state index contributed by atoms with van der Waals surface area (Å²) in [6.07, 6.45) is 5.00. The van der Waals surface area contributed by atoms with E-state index in [1.165, 1.54) is 24.1 Å². The van der Waals surface area contributed by atoms with Gasteiger partial charge in [-0.3, -0.25) is 14.3 Å². The molecule has 1 aliphatic carbocycles. The number of hydrogen-bond acceptors (Lipinski definition) is 4. The van der Waals surface area contributed by atoms with Crippen molar-refractivity contribution in [2.75, 3.05) is 18.0 Å². The van der Waals surface area contributed by atoms with Crippen LogP contribution < -0.4 is 9.62 Å². The summed E-state index contributed by atoms with van der Waals surface area (Å²) in [7, 11) is 0. The fourth-order valence-electron chi connectivity index (χ4n) is 6.00. The van der Waals surface area contributed by atoms with E-state index in [1.807, 2.05) is 60.7 Å². The minimum Gasteiger partial charge on any atom is -0.366 e. The van der Waals surface area contributed by atoms with E-state index in [4.69, 9.17) is 0 Å². The Morgan fingerprint density at radius 2 is 1.55 bits per heavy atom. The zero-order chi connectivity index (χ0) is 27.6. The third kappa shape index (κ3) is 5.59. The van der Waals surface area contributed by atoms with Crippen molar-refractivity contribution in [2.24, 2.45) is 0 Å². The highest BCUT2D eigenvalue weighted by Crippen LogP contribution is 2.37. The quantitative estimate of drug-likeness (QED) is 0.369. The van der Waals surface area contributed by atoms with E-state index in [0.29, 0.717) is 36.9 Å². The van der Waals surface area contributed by atoms with Gasteiger partial charge < -0.3 is 9.80 Å². The summed E-state index contributed by atoms with van der Waals surface area (Å²) in [5.74, 6) is -2.58. The summed E-state index contributed by atoms with van der Waals surface area (Å²) in [5.41, 5.74) is 3.18. The standard InChI is InChI=1S/C32H33F2N3O2S/c33-26-17-23-13-7-8-16-36(28(23)19-27(26)34)24-18-29(31(38)35-40-25-14-15-25)37(20-24)32(39)30(21-9-3-1-4-10-21)22-11-5-2-6-12-22/h1-6,9-12,17,19,24-25,29-30H,7-8,13-16,18,20H2,(H,35,38). The fraction of sp³-hybridized carbons (Fsp3) is 0.375. The molecule has 1 N–H and O–H groups in total. The van der Waals surface area contributed by atoms with Gasteiger partial charge in [-0.15, -0.1) is 0 Å². The Labute approximate surface area is 238 Å². The first-order valence-electron chi connectivity index (χ1n) is 14.1. The van der Waals surface area contributed by atoms with Crippen molar-refractivity contribution in [3.05, 3.63) is 101 Å². The normalized spacial score (nSPS) is 20.8. The topological polar surface area (TPSA) is 52.7 Å². The average molecular weight is 562 g/mol. The summed E-state index contributed by atoms with van der Waals surface area (Å²) in [6.45, 7) is 0.996. The smallest absolute Gasteiger partial charge is 0.252 e. The number of benzene rings is 3. The number of fused-ring (bicyclic) bond motifs is 1. The van der Waals surface area contributed by atoms with E-state index >= 15 is 0 Å². The number of carbonyl (C=O) groups is 2. The molecule has 1 saturated carbocycles. The monoisotopic (exact) mass is 561 g/mol. The lowest BCUT2D eigenvalue weighted by molar-refractivity contribution is -0.138. The molecule has 3 aromatic carbocycles. The molecular weight excluding hydrogens is 528 g/mol. The van der Waals surface area contributed by atoms with Crippen molar-refractivity contribution >= 4 is 29.4 Å². The van der Waals surface area contributed by atoms with Crippen molar-refractivity contribution in [1.82, 2.24) is 9.62 Å². The maximum atomic E-state index is 14.5. The molecule has 0 spiro atoms. The first-order valence-corrected chi connectivity index (χ1v) is 15.0. The van der Waals surface area contributed by atoms with Gasteiger partial charge in [0.1, 0.15) is 6.04 Å². The molecule has 1 saturated heterocycles. The zero-order valence-electron chi connectivity index (χ0n) is 22.3. The van der Waals surface area contributed by atoms with Gasteiger partial charge in [0.2, 0.25) is 5.91 Å². The van der Waals surface area contributed by atoms with E-state index < -0.39 is 23.6 Å². The minimum atomic E-state index is -0.875. The van der Waals surface area contributed by atoms with Crippen molar-refractivity contribution in [3.8, 4) is 0 Å². The maximum absolute atomic E-state index is 14.5. The molecule has 3 aromatic rings. The van der Waals surface area contributed by atoms with Crippen molar-refractivity contribution in [3.63, 3.8) is 0 Å². The molecule has 208 valence electrons. The van der Waals surface area contributed by atoms with Gasteiger partial charge in [-0.2, -0.15) is 0 Å². The van der Waals surface area contributed by atoms with Gasteiger partial charge >= 0.3 is 0 Å². The number of nitrogens with zero attached hydrogens (tertiary/aromatic N) is 2. The Hall–Kier alpha value is -3.39. The van der Waals surface area contributed by atoms with Gasteiger partial charge in [-0.25, -0.2) is 8.78 Å². The van der Waals surface area contributed by atoms with Gasteiger partial charge in [0.15, 0.2) is 11.6 Å². The summed E-state index contributed by atoms with van der Waals surface area (Å²) in [6, 6.07) is 21.1. The van der Waals surface area contributed by atoms with E-state index in [2.05, 4.69) is 9.62 Å². The predicted octanol–water partition coefficient (Wildman–Crippen LogP) is 5.84. The third-order valence-corrected chi connectivity index (χ3v) is 9.32. The van der Waals surface area contributed by atoms with Crippen LogP contribution in [0.2, 0.25) is 0 Å². The fourth-order valence-corrected chi connectivity index (χ4v) is 6.79. The van der Waals surface area contributed by atoms with Crippen LogP contribution in [0.3, 0.4) is 0 Å². The molecule has 2 amide bonds. The highest BCUT2D eigenvalue weighted by molar-refractivity contribution is 7.98. The Morgan fingerprint density at radius 3 is 2.20 bits per heavy atom. The number of rotatable bonds is 7. The Bertz CT molecular complexity index is 1330. The second-order valence-electron chi connectivity index (χ2n) is 11.0. The molecule has 0 aromatic heterocycles. The van der Waals surface area contributed by atoms with Crippen LogP contribution in [-0.2, 0) is 16.0 Å². The number of nitrogens with one attached hydrogen (secondary N) is 1. The van der Waals surface area contributed by atoms with Crippen LogP contribution in [0, 0.1) is 11.6 Å². The number of carbonyl (C=O) groups excluding carboxylic acids is 2. The Morgan fingerprint density at radius 1 is 0.900 bits per heavy atom. The first-order chi connectivity index (χ1) is 19.5. The van der Waals surface area contributed by atoms with Gasteiger partial charge in [0, 0.05) is 36.1 Å². The third-order valence-electron chi connectivity index (χ3n) is 8.19. The molecule has 40 heavy (non-hydrogen) atoms. The number of likely N-dealkylation sites (tertiary alicyclic amines) is 1. The lowest BCUT2D eigenvalue weighted by Crippen LogP contribution is -2.46. The van der Waals surface area contributed by atoms with Gasteiger partial charge in [-0.1, -0.05) is 60.7 Å². The lowest BCUT2D eigenvalue weighted by Gasteiger charge is -2.32. The van der Waals surface area contributed by atoms with Crippen LogP contribution in [0.15, 0.2) is 72.8 Å². The zero-order valence-corrected chi connectivity index (χ0v) is 23.1. The maximum Gasteiger partial charge on any atom is 0.252 e. The Balaban J connectivity index is 1.35.